The topological polar surface area (TPSA) is 105 Å². The molecule has 0 aromatic carbocycles. The van der Waals surface area contributed by atoms with Crippen LogP contribution in [0.2, 0.25) is 0 Å². The minimum Gasteiger partial charge on any atom is -0.480 e. The predicted octanol–water partition coefficient (Wildman–Crippen LogP) is 1.75. The van der Waals surface area contributed by atoms with Crippen LogP contribution in [0.1, 0.15) is 53.9 Å². The number of carboxylic acids is 1. The van der Waals surface area contributed by atoms with E-state index < -0.39 is 29.6 Å². The zero-order valence-electron chi connectivity index (χ0n) is 15.6. The highest BCUT2D eigenvalue weighted by molar-refractivity contribution is 8.00. The molecule has 1 saturated heterocycles. The zero-order valence-corrected chi connectivity index (χ0v) is 16.4. The van der Waals surface area contributed by atoms with Crippen LogP contribution in [-0.4, -0.2) is 51.8 Å². The number of esters is 1. The van der Waals surface area contributed by atoms with Gasteiger partial charge in [0.05, 0.1) is 5.37 Å². The highest BCUT2D eigenvalue weighted by Gasteiger charge is 2.33. The summed E-state index contributed by atoms with van der Waals surface area (Å²) in [6.45, 7) is 8.78. The van der Waals surface area contributed by atoms with Gasteiger partial charge >= 0.3 is 11.9 Å². The van der Waals surface area contributed by atoms with E-state index >= 15 is 0 Å². The van der Waals surface area contributed by atoms with Gasteiger partial charge in [-0.2, -0.15) is 0 Å². The molecule has 0 aliphatic carbocycles. The van der Waals surface area contributed by atoms with Crippen LogP contribution in [0.4, 0.5) is 0 Å². The predicted molar refractivity (Wildman–Crippen MR) is 97.3 cm³/mol. The number of carboxylic acid groups (broad SMARTS) is 1. The number of thioether (sulfide) groups is 1. The van der Waals surface area contributed by atoms with E-state index in [9.17, 15) is 14.4 Å². The van der Waals surface area contributed by atoms with E-state index in [0.717, 1.165) is 12.8 Å². The molecule has 7 nitrogen and oxygen atoms in total. The second-order valence-corrected chi connectivity index (χ2v) is 8.65. The second-order valence-electron chi connectivity index (χ2n) is 7.41. The first-order valence-corrected chi connectivity index (χ1v) is 9.67. The third-order valence-electron chi connectivity index (χ3n) is 3.91. The first-order valence-electron chi connectivity index (χ1n) is 8.62. The average Bonchev–Trinajstić information content (AvgIpc) is 2.92. The molecule has 0 aromatic rings. The normalized spacial score (nSPS) is 22.9. The molecule has 0 bridgehead atoms. The first-order chi connectivity index (χ1) is 11.5. The molecule has 1 unspecified atom stereocenters. The van der Waals surface area contributed by atoms with Gasteiger partial charge in [-0.3, -0.25) is 14.9 Å². The number of hydrogen-bond donors (Lipinski definition) is 3. The quantitative estimate of drug-likeness (QED) is 0.556. The number of nitrogens with one attached hydrogen (secondary N) is 2. The van der Waals surface area contributed by atoms with Crippen LogP contribution in [0, 0.1) is 5.92 Å². The molecule has 1 fully saturated rings. The SMILES string of the molecule is CC[C@@H](CC(NC(C)=O)C(=O)OC(C)(C)C)C[C@@H]1N[C@@H](C(=O)O)CS1. The van der Waals surface area contributed by atoms with E-state index in [4.69, 9.17) is 9.84 Å². The number of aliphatic carboxylic acids is 1. The minimum atomic E-state index is -0.840. The molecule has 8 heteroatoms. The van der Waals surface area contributed by atoms with Gasteiger partial charge < -0.3 is 15.2 Å². The molecule has 1 aliphatic heterocycles. The largest absolute Gasteiger partial charge is 0.480 e. The van der Waals surface area contributed by atoms with Crippen LogP contribution in [0.25, 0.3) is 0 Å². The average molecular weight is 375 g/mol. The lowest BCUT2D eigenvalue weighted by Gasteiger charge is -2.27. The van der Waals surface area contributed by atoms with Gasteiger partial charge in [-0.15, -0.1) is 11.8 Å². The van der Waals surface area contributed by atoms with Crippen molar-refractivity contribution < 1.29 is 24.2 Å². The molecule has 0 saturated carbocycles. The fraction of sp³-hybridized carbons (Fsp3) is 0.824. The van der Waals surface area contributed by atoms with Gasteiger partial charge in [0.2, 0.25) is 5.91 Å². The Kier molecular flexibility index (Phi) is 8.21. The maximum Gasteiger partial charge on any atom is 0.329 e. The maximum absolute atomic E-state index is 12.4. The van der Waals surface area contributed by atoms with Gasteiger partial charge in [-0.05, 0) is 39.5 Å². The molecule has 1 amide bonds. The Balaban J connectivity index is 2.67. The number of carbonyl (C=O) groups excluding carboxylic acids is 2. The van der Waals surface area contributed by atoms with Crippen molar-refractivity contribution in [3.63, 3.8) is 0 Å². The van der Waals surface area contributed by atoms with Crippen molar-refractivity contribution in [1.82, 2.24) is 10.6 Å². The molecule has 144 valence electrons. The van der Waals surface area contributed by atoms with Crippen molar-refractivity contribution in [3.8, 4) is 0 Å². The highest BCUT2D eigenvalue weighted by Crippen LogP contribution is 2.28. The second kappa shape index (κ2) is 9.43. The lowest BCUT2D eigenvalue weighted by atomic mass is 9.93. The van der Waals surface area contributed by atoms with Crippen molar-refractivity contribution >= 4 is 29.6 Å². The van der Waals surface area contributed by atoms with Gasteiger partial charge in [0.25, 0.3) is 0 Å². The Morgan fingerprint density at radius 3 is 2.44 bits per heavy atom. The monoisotopic (exact) mass is 374 g/mol. The fourth-order valence-corrected chi connectivity index (χ4v) is 4.04. The van der Waals surface area contributed by atoms with Crippen molar-refractivity contribution in [2.24, 2.45) is 5.92 Å². The van der Waals surface area contributed by atoms with E-state index in [-0.39, 0.29) is 17.2 Å². The summed E-state index contributed by atoms with van der Waals surface area (Å²) >= 11 is 1.59. The Morgan fingerprint density at radius 2 is 2.00 bits per heavy atom. The zero-order chi connectivity index (χ0) is 19.2. The summed E-state index contributed by atoms with van der Waals surface area (Å²) in [4.78, 5) is 34.9. The number of carbonyl (C=O) groups is 3. The molecule has 0 spiro atoms. The van der Waals surface area contributed by atoms with E-state index in [1.54, 1.807) is 32.5 Å². The third kappa shape index (κ3) is 8.09. The molecule has 1 heterocycles. The smallest absolute Gasteiger partial charge is 0.329 e. The molecule has 3 N–H and O–H groups in total. The van der Waals surface area contributed by atoms with Crippen LogP contribution < -0.4 is 10.6 Å². The Labute approximate surface area is 153 Å². The van der Waals surface area contributed by atoms with Crippen molar-refractivity contribution in [3.05, 3.63) is 0 Å². The fourth-order valence-electron chi connectivity index (χ4n) is 2.71. The molecule has 1 aliphatic rings. The van der Waals surface area contributed by atoms with E-state index in [1.807, 2.05) is 6.92 Å². The van der Waals surface area contributed by atoms with Gasteiger partial charge in [0.15, 0.2) is 0 Å². The molecule has 25 heavy (non-hydrogen) atoms. The van der Waals surface area contributed by atoms with Crippen LogP contribution in [0.5, 0.6) is 0 Å². The summed E-state index contributed by atoms with van der Waals surface area (Å²) in [5.41, 5.74) is -0.618. The number of rotatable bonds is 8. The van der Waals surface area contributed by atoms with Gasteiger partial charge in [0, 0.05) is 12.7 Å². The molecule has 1 rings (SSSR count). The Bertz CT molecular complexity index is 492. The minimum absolute atomic E-state index is 0.0441. The van der Waals surface area contributed by atoms with E-state index in [0.29, 0.717) is 12.2 Å². The molecular formula is C17H30N2O5S. The molecule has 4 atom stereocenters. The number of amides is 1. The molecular weight excluding hydrogens is 344 g/mol. The third-order valence-corrected chi connectivity index (χ3v) is 5.17. The maximum atomic E-state index is 12.4. The number of hydrogen-bond acceptors (Lipinski definition) is 6. The van der Waals surface area contributed by atoms with Crippen LogP contribution in [-0.2, 0) is 19.1 Å². The number of ether oxygens (including phenoxy) is 1. The van der Waals surface area contributed by atoms with Crippen molar-refractivity contribution in [2.75, 3.05) is 5.75 Å². The van der Waals surface area contributed by atoms with Crippen LogP contribution >= 0.6 is 11.8 Å². The highest BCUT2D eigenvalue weighted by atomic mass is 32.2. The summed E-state index contributed by atoms with van der Waals surface area (Å²) in [6.07, 6.45) is 2.04. The van der Waals surface area contributed by atoms with E-state index in [1.165, 1.54) is 6.92 Å². The lowest BCUT2D eigenvalue weighted by molar-refractivity contribution is -0.159. The Hall–Kier alpha value is -1.28. The molecule has 0 radical (unpaired) electrons. The summed E-state index contributed by atoms with van der Waals surface area (Å²) in [5.74, 6) is -0.839. The standard InChI is InChI=1S/C17H30N2O5S/c1-6-11(8-14-19-13(9-25-14)15(21)22)7-12(18-10(2)20)16(23)24-17(3,4)5/h11-14,19H,6-9H2,1-5H3,(H,18,20)(H,21,22)/t11-,12?,13+,14+/m0/s1. The lowest BCUT2D eigenvalue weighted by Crippen LogP contribution is -2.45. The van der Waals surface area contributed by atoms with Gasteiger partial charge in [0.1, 0.15) is 17.7 Å². The summed E-state index contributed by atoms with van der Waals surface area (Å²) < 4.78 is 5.41. The summed E-state index contributed by atoms with van der Waals surface area (Å²) in [5, 5.41) is 14.9. The summed E-state index contributed by atoms with van der Waals surface area (Å²) in [6, 6.07) is -1.21. The Morgan fingerprint density at radius 1 is 1.36 bits per heavy atom. The summed E-state index contributed by atoms with van der Waals surface area (Å²) in [7, 11) is 0. The van der Waals surface area contributed by atoms with Crippen LogP contribution in [0.15, 0.2) is 0 Å². The van der Waals surface area contributed by atoms with Crippen LogP contribution in [0.3, 0.4) is 0 Å². The van der Waals surface area contributed by atoms with Gasteiger partial charge in [-0.25, -0.2) is 4.79 Å². The first kappa shape index (κ1) is 21.8. The van der Waals surface area contributed by atoms with Crippen molar-refractivity contribution in [2.45, 2.75) is 76.9 Å². The molecule has 0 aromatic heterocycles. The van der Waals surface area contributed by atoms with E-state index in [2.05, 4.69) is 10.6 Å². The van der Waals surface area contributed by atoms with Gasteiger partial charge in [-0.1, -0.05) is 13.3 Å². The van der Waals surface area contributed by atoms with Crippen molar-refractivity contribution in [1.29, 1.82) is 0 Å².